The quantitative estimate of drug-likeness (QED) is 0.333. The summed E-state index contributed by atoms with van der Waals surface area (Å²) in [5.41, 5.74) is 5.86. The van der Waals surface area contributed by atoms with Crippen LogP contribution in [0.25, 0.3) is 11.0 Å². The van der Waals surface area contributed by atoms with Crippen LogP contribution in [0.5, 0.6) is 5.75 Å². The van der Waals surface area contributed by atoms with E-state index in [0.717, 1.165) is 21.1 Å². The molecule has 0 fully saturated rings. The lowest BCUT2D eigenvalue weighted by molar-refractivity contribution is 0.0950. The number of para-hydroxylation sites is 3. The summed E-state index contributed by atoms with van der Waals surface area (Å²) < 4.78 is 6.92. The molecule has 1 amide bonds. The Morgan fingerprint density at radius 3 is 2.70 bits per heavy atom. The van der Waals surface area contributed by atoms with Crippen LogP contribution in [-0.2, 0) is 6.61 Å². The highest BCUT2D eigenvalue weighted by Gasteiger charge is 2.08. The Kier molecular flexibility index (Phi) is 6.10. The number of amides is 1. The van der Waals surface area contributed by atoms with Crippen molar-refractivity contribution in [3.63, 3.8) is 0 Å². The van der Waals surface area contributed by atoms with Crippen molar-refractivity contribution in [3.05, 3.63) is 100 Å². The molecule has 6 nitrogen and oxygen atoms in total. The standard InChI is InChI=1S/C23H17BrN4O2/c24-18-8-5-6-16(12-18)15-30-22-11-4-1-7-17(22)13-26-28-23(29)21-14-25-19-9-2-3-10-20(19)27-21/h1-14H,15H2,(H,28,29)/b26-13+. The Morgan fingerprint density at radius 1 is 1.03 bits per heavy atom. The first kappa shape index (κ1) is 19.7. The molecule has 0 atom stereocenters. The first-order valence-electron chi connectivity index (χ1n) is 9.20. The van der Waals surface area contributed by atoms with Gasteiger partial charge in [0.2, 0.25) is 0 Å². The Bertz CT molecular complexity index is 1230. The minimum Gasteiger partial charge on any atom is -0.488 e. The zero-order valence-corrected chi connectivity index (χ0v) is 17.4. The summed E-state index contributed by atoms with van der Waals surface area (Å²) in [4.78, 5) is 20.9. The topological polar surface area (TPSA) is 76.5 Å². The molecule has 0 radical (unpaired) electrons. The number of aromatic nitrogens is 2. The molecule has 0 spiro atoms. The zero-order valence-electron chi connectivity index (χ0n) is 15.8. The summed E-state index contributed by atoms with van der Waals surface area (Å²) in [7, 11) is 0. The van der Waals surface area contributed by atoms with Gasteiger partial charge in [-0.25, -0.2) is 10.4 Å². The molecular formula is C23H17BrN4O2. The molecule has 1 aromatic heterocycles. The van der Waals surface area contributed by atoms with Crippen molar-refractivity contribution in [1.29, 1.82) is 0 Å². The van der Waals surface area contributed by atoms with Crippen LogP contribution in [-0.4, -0.2) is 22.1 Å². The Labute approximate surface area is 181 Å². The van der Waals surface area contributed by atoms with Crippen LogP contribution in [0.2, 0.25) is 0 Å². The van der Waals surface area contributed by atoms with Crippen molar-refractivity contribution in [2.24, 2.45) is 5.10 Å². The van der Waals surface area contributed by atoms with Gasteiger partial charge >= 0.3 is 0 Å². The minimum absolute atomic E-state index is 0.199. The number of rotatable bonds is 6. The van der Waals surface area contributed by atoms with Gasteiger partial charge in [-0.15, -0.1) is 0 Å². The highest BCUT2D eigenvalue weighted by Crippen LogP contribution is 2.19. The maximum absolute atomic E-state index is 12.3. The van der Waals surface area contributed by atoms with Crippen molar-refractivity contribution in [2.75, 3.05) is 0 Å². The number of hydrogen-bond donors (Lipinski definition) is 1. The fraction of sp³-hybridized carbons (Fsp3) is 0.0435. The molecular weight excluding hydrogens is 444 g/mol. The number of carbonyl (C=O) groups is 1. The van der Waals surface area contributed by atoms with E-state index >= 15 is 0 Å². The maximum Gasteiger partial charge on any atom is 0.291 e. The molecule has 7 heteroatoms. The molecule has 0 aliphatic rings. The lowest BCUT2D eigenvalue weighted by Gasteiger charge is -2.09. The van der Waals surface area contributed by atoms with Crippen molar-refractivity contribution < 1.29 is 9.53 Å². The zero-order chi connectivity index (χ0) is 20.8. The highest BCUT2D eigenvalue weighted by molar-refractivity contribution is 9.10. The van der Waals surface area contributed by atoms with Crippen LogP contribution in [0.4, 0.5) is 0 Å². The number of benzene rings is 3. The summed E-state index contributed by atoms with van der Waals surface area (Å²) in [6, 6.07) is 22.8. The van der Waals surface area contributed by atoms with E-state index in [1.165, 1.54) is 6.20 Å². The molecule has 4 aromatic rings. The molecule has 1 heterocycles. The molecule has 0 aliphatic carbocycles. The molecule has 30 heavy (non-hydrogen) atoms. The van der Waals surface area contributed by atoms with Gasteiger partial charge in [-0.1, -0.05) is 52.3 Å². The molecule has 1 N–H and O–H groups in total. The molecule has 148 valence electrons. The van der Waals surface area contributed by atoms with Crippen molar-refractivity contribution >= 4 is 39.1 Å². The van der Waals surface area contributed by atoms with Crippen molar-refractivity contribution in [3.8, 4) is 5.75 Å². The number of fused-ring (bicyclic) bond motifs is 1. The first-order chi connectivity index (χ1) is 14.7. The largest absolute Gasteiger partial charge is 0.488 e. The molecule has 0 bridgehead atoms. The average molecular weight is 461 g/mol. The number of hydrogen-bond acceptors (Lipinski definition) is 5. The Morgan fingerprint density at radius 2 is 1.83 bits per heavy atom. The van der Waals surface area contributed by atoms with Crippen molar-refractivity contribution in [1.82, 2.24) is 15.4 Å². The van der Waals surface area contributed by atoms with E-state index in [4.69, 9.17) is 4.74 Å². The first-order valence-corrected chi connectivity index (χ1v) is 10.00. The summed E-state index contributed by atoms with van der Waals surface area (Å²) in [5, 5.41) is 4.05. The number of carbonyl (C=O) groups excluding carboxylic acids is 1. The van der Waals surface area contributed by atoms with Gasteiger partial charge in [-0.05, 0) is 42.0 Å². The second kappa shape index (κ2) is 9.28. The van der Waals surface area contributed by atoms with Crippen LogP contribution in [0.15, 0.2) is 88.6 Å². The molecule has 0 aliphatic heterocycles. The Balaban J connectivity index is 1.42. The van der Waals surface area contributed by atoms with E-state index in [9.17, 15) is 4.79 Å². The number of nitrogens with one attached hydrogen (secondary N) is 1. The van der Waals surface area contributed by atoms with E-state index in [-0.39, 0.29) is 5.69 Å². The smallest absolute Gasteiger partial charge is 0.291 e. The fourth-order valence-electron chi connectivity index (χ4n) is 2.79. The van der Waals surface area contributed by atoms with Gasteiger partial charge in [0, 0.05) is 10.0 Å². The number of ether oxygens (including phenoxy) is 1. The van der Waals surface area contributed by atoms with E-state index in [1.54, 1.807) is 12.3 Å². The Hall–Kier alpha value is -3.58. The lowest BCUT2D eigenvalue weighted by Crippen LogP contribution is -2.19. The fourth-order valence-corrected chi connectivity index (χ4v) is 3.24. The SMILES string of the molecule is O=C(N/N=C/c1ccccc1OCc1cccc(Br)c1)c1cnc2ccccc2n1. The van der Waals surface area contributed by atoms with Crippen LogP contribution < -0.4 is 10.2 Å². The third-order valence-electron chi connectivity index (χ3n) is 4.25. The predicted molar refractivity (Wildman–Crippen MR) is 120 cm³/mol. The second-order valence-electron chi connectivity index (χ2n) is 6.40. The van der Waals surface area contributed by atoms with E-state index in [1.807, 2.05) is 66.7 Å². The molecule has 0 unspecified atom stereocenters. The van der Waals surface area contributed by atoms with Gasteiger partial charge in [0.15, 0.2) is 0 Å². The second-order valence-corrected chi connectivity index (χ2v) is 7.32. The minimum atomic E-state index is -0.433. The highest BCUT2D eigenvalue weighted by atomic mass is 79.9. The van der Waals surface area contributed by atoms with E-state index < -0.39 is 5.91 Å². The molecule has 0 saturated carbocycles. The van der Waals surface area contributed by atoms with Crippen LogP contribution in [0.3, 0.4) is 0 Å². The van der Waals surface area contributed by atoms with Gasteiger partial charge in [-0.3, -0.25) is 9.78 Å². The summed E-state index contributed by atoms with van der Waals surface area (Å²) in [5.74, 6) is 0.234. The van der Waals surface area contributed by atoms with E-state index in [0.29, 0.717) is 17.9 Å². The molecule has 3 aromatic carbocycles. The third-order valence-corrected chi connectivity index (χ3v) is 4.75. The van der Waals surface area contributed by atoms with Gasteiger partial charge in [0.05, 0.1) is 23.4 Å². The van der Waals surface area contributed by atoms with Crippen LogP contribution in [0.1, 0.15) is 21.6 Å². The third kappa shape index (κ3) is 4.87. The predicted octanol–water partition coefficient (Wildman–Crippen LogP) is 4.74. The van der Waals surface area contributed by atoms with Gasteiger partial charge in [-0.2, -0.15) is 5.10 Å². The summed E-state index contributed by atoms with van der Waals surface area (Å²) >= 11 is 3.46. The lowest BCUT2D eigenvalue weighted by atomic mass is 10.2. The van der Waals surface area contributed by atoms with Gasteiger partial charge < -0.3 is 4.74 Å². The van der Waals surface area contributed by atoms with Gasteiger partial charge in [0.25, 0.3) is 5.91 Å². The van der Waals surface area contributed by atoms with Crippen LogP contribution >= 0.6 is 15.9 Å². The van der Waals surface area contributed by atoms with Crippen LogP contribution in [0, 0.1) is 0 Å². The molecule has 4 rings (SSSR count). The van der Waals surface area contributed by atoms with E-state index in [2.05, 4.69) is 36.4 Å². The summed E-state index contributed by atoms with van der Waals surface area (Å²) in [6.45, 7) is 0.420. The number of halogens is 1. The van der Waals surface area contributed by atoms with Crippen molar-refractivity contribution in [2.45, 2.75) is 6.61 Å². The van der Waals surface area contributed by atoms with Gasteiger partial charge in [0.1, 0.15) is 18.1 Å². The summed E-state index contributed by atoms with van der Waals surface area (Å²) in [6.07, 6.45) is 2.98. The monoisotopic (exact) mass is 460 g/mol. The normalized spacial score (nSPS) is 11.0. The maximum atomic E-state index is 12.3. The average Bonchev–Trinajstić information content (AvgIpc) is 2.78. The molecule has 0 saturated heterocycles. The number of hydrazone groups is 1. The number of nitrogens with zero attached hydrogens (tertiary/aromatic N) is 3.